The van der Waals surface area contributed by atoms with E-state index >= 15 is 0 Å². The van der Waals surface area contributed by atoms with Crippen LogP contribution in [0.2, 0.25) is 0 Å². The highest BCUT2D eigenvalue weighted by molar-refractivity contribution is 5.91. The second-order valence-electron chi connectivity index (χ2n) is 10.1. The maximum atomic E-state index is 12.9. The van der Waals surface area contributed by atoms with Crippen molar-refractivity contribution in [1.82, 2.24) is 0 Å². The van der Waals surface area contributed by atoms with Gasteiger partial charge < -0.3 is 14.6 Å². The maximum absolute atomic E-state index is 12.9. The number of hydrogen-bond donors (Lipinski definition) is 1. The number of aliphatic hydroxyl groups excluding tert-OH is 1. The molecule has 1 N–H and O–H groups in total. The highest BCUT2D eigenvalue weighted by Gasteiger charge is 2.71. The van der Waals surface area contributed by atoms with E-state index in [0.29, 0.717) is 18.8 Å². The van der Waals surface area contributed by atoms with Gasteiger partial charge in [-0.25, -0.2) is 0 Å². The number of aliphatic hydroxyl groups is 1. The Kier molecular flexibility index (Phi) is 4.34. The number of Topliss-reactive ketones (excluding diaryl/α,β-unsaturated/α-hetero) is 1. The monoisotopic (exact) mass is 402 g/mol. The molecule has 1 spiro atoms. The van der Waals surface area contributed by atoms with Gasteiger partial charge in [-0.2, -0.15) is 0 Å². The first-order valence-corrected chi connectivity index (χ1v) is 11.0. The second kappa shape index (κ2) is 6.48. The quantitative estimate of drug-likeness (QED) is 0.730. The van der Waals surface area contributed by atoms with Crippen molar-refractivity contribution in [3.63, 3.8) is 0 Å². The van der Waals surface area contributed by atoms with Gasteiger partial charge in [0.25, 0.3) is 0 Å². The first-order chi connectivity index (χ1) is 13.8. The van der Waals surface area contributed by atoms with Crippen molar-refractivity contribution in [3.05, 3.63) is 11.6 Å². The molecule has 3 saturated carbocycles. The molecule has 1 saturated heterocycles. The molecule has 1 aliphatic heterocycles. The van der Waals surface area contributed by atoms with Gasteiger partial charge in [0.2, 0.25) is 0 Å². The molecule has 8 atom stereocenters. The minimum atomic E-state index is -0.946. The van der Waals surface area contributed by atoms with Crippen LogP contribution < -0.4 is 0 Å². The Bertz CT molecular complexity index is 801. The average molecular weight is 402 g/mol. The van der Waals surface area contributed by atoms with Crippen LogP contribution in [0.3, 0.4) is 0 Å². The molecule has 158 valence electrons. The van der Waals surface area contributed by atoms with Crippen LogP contribution >= 0.6 is 0 Å². The van der Waals surface area contributed by atoms with E-state index in [2.05, 4.69) is 6.92 Å². The molecule has 29 heavy (non-hydrogen) atoms. The number of carbonyl (C=O) groups excluding carboxylic acids is 3. The normalized spacial score (nSPS) is 47.7. The van der Waals surface area contributed by atoms with Crippen LogP contribution in [0.15, 0.2) is 11.6 Å². The summed E-state index contributed by atoms with van der Waals surface area (Å²) in [7, 11) is 0. The summed E-state index contributed by atoms with van der Waals surface area (Å²) in [6, 6.07) is 0. The summed E-state index contributed by atoms with van der Waals surface area (Å²) < 4.78 is 11.2. The van der Waals surface area contributed by atoms with Gasteiger partial charge in [0.15, 0.2) is 17.9 Å². The lowest BCUT2D eigenvalue weighted by Crippen LogP contribution is -2.55. The van der Waals surface area contributed by atoms with Gasteiger partial charge in [0, 0.05) is 24.7 Å². The lowest BCUT2D eigenvalue weighted by Gasteiger charge is -2.57. The molecule has 0 aromatic rings. The summed E-state index contributed by atoms with van der Waals surface area (Å²) in [5.41, 5.74) is 0.649. The third-order valence-corrected chi connectivity index (χ3v) is 9.05. The maximum Gasteiger partial charge on any atom is 0.303 e. The first kappa shape index (κ1) is 19.4. The van der Waals surface area contributed by atoms with E-state index in [1.807, 2.05) is 6.08 Å². The number of ketones is 2. The highest BCUT2D eigenvalue weighted by atomic mass is 16.6. The zero-order valence-electron chi connectivity index (χ0n) is 17.2. The standard InChI is InChI=1S/C23H30O6/c1-12(24)28-11-18(26)17-6-5-16-15-4-3-13-9-14(25)7-8-22(13,2)20(15)19-10-23(16,17)21(27)29-19/h9,15-17,19-21,27H,3-8,10-11H2,1-2H3/t15-,16-,17+,19-,20+,21?,22-,23+/m0/s1. The Morgan fingerprint density at radius 2 is 2.07 bits per heavy atom. The van der Waals surface area contributed by atoms with Crippen LogP contribution in [0.1, 0.15) is 58.8 Å². The Morgan fingerprint density at radius 3 is 2.83 bits per heavy atom. The summed E-state index contributed by atoms with van der Waals surface area (Å²) in [4.78, 5) is 36.1. The minimum Gasteiger partial charge on any atom is -0.458 e. The van der Waals surface area contributed by atoms with E-state index in [1.54, 1.807) is 0 Å². The third kappa shape index (κ3) is 2.57. The topological polar surface area (TPSA) is 89.9 Å². The fourth-order valence-electron chi connectivity index (χ4n) is 7.96. The van der Waals surface area contributed by atoms with Gasteiger partial charge in [0.1, 0.15) is 6.61 Å². The SMILES string of the molecule is CC(=O)OCC(=O)[C@H]1CC[C@H]2[C@@H]3CCC4=CC(=O)CC[C@]4(C)[C@H]3[C@@H]3C[C@]12C(O)O3. The highest BCUT2D eigenvalue weighted by Crippen LogP contribution is 2.71. The fraction of sp³-hybridized carbons (Fsp3) is 0.783. The van der Waals surface area contributed by atoms with E-state index in [-0.39, 0.29) is 47.4 Å². The molecule has 6 heteroatoms. The van der Waals surface area contributed by atoms with E-state index in [1.165, 1.54) is 12.5 Å². The number of allylic oxidation sites excluding steroid dienone is 1. The summed E-state index contributed by atoms with van der Waals surface area (Å²) in [5, 5.41) is 11.1. The van der Waals surface area contributed by atoms with Crippen LogP contribution in [-0.4, -0.2) is 41.6 Å². The zero-order valence-corrected chi connectivity index (χ0v) is 17.2. The molecule has 4 aliphatic carbocycles. The van der Waals surface area contributed by atoms with E-state index in [4.69, 9.17) is 9.47 Å². The Labute approximate surface area is 171 Å². The number of esters is 1. The van der Waals surface area contributed by atoms with E-state index in [9.17, 15) is 19.5 Å². The summed E-state index contributed by atoms with van der Waals surface area (Å²) >= 11 is 0. The summed E-state index contributed by atoms with van der Waals surface area (Å²) in [5.74, 6) is 0.289. The van der Waals surface area contributed by atoms with Crippen LogP contribution in [-0.2, 0) is 23.9 Å². The molecular weight excluding hydrogens is 372 g/mol. The smallest absolute Gasteiger partial charge is 0.303 e. The predicted molar refractivity (Wildman–Crippen MR) is 102 cm³/mol. The van der Waals surface area contributed by atoms with Crippen molar-refractivity contribution >= 4 is 17.5 Å². The Hall–Kier alpha value is -1.53. The van der Waals surface area contributed by atoms with Crippen molar-refractivity contribution in [2.75, 3.05) is 6.61 Å². The molecule has 0 aromatic carbocycles. The summed E-state index contributed by atoms with van der Waals surface area (Å²) in [6.07, 6.45) is 6.49. The molecule has 6 nitrogen and oxygen atoms in total. The predicted octanol–water partition coefficient (Wildman–Crippen LogP) is 2.57. The Morgan fingerprint density at radius 1 is 1.28 bits per heavy atom. The van der Waals surface area contributed by atoms with Gasteiger partial charge >= 0.3 is 5.97 Å². The number of fused-ring (bicyclic) bond motifs is 6. The van der Waals surface area contributed by atoms with Gasteiger partial charge in [0.05, 0.1) is 6.10 Å². The van der Waals surface area contributed by atoms with Gasteiger partial charge in [-0.05, 0) is 67.8 Å². The lowest BCUT2D eigenvalue weighted by atomic mass is 9.46. The number of ether oxygens (including phenoxy) is 2. The van der Waals surface area contributed by atoms with Crippen molar-refractivity contribution in [2.45, 2.75) is 71.2 Å². The molecule has 0 amide bonds. The number of hydrogen-bond acceptors (Lipinski definition) is 6. The molecule has 0 aromatic heterocycles. The van der Waals surface area contributed by atoms with Gasteiger partial charge in [-0.15, -0.1) is 0 Å². The molecule has 5 rings (SSSR count). The second-order valence-corrected chi connectivity index (χ2v) is 10.1. The molecule has 1 unspecified atom stereocenters. The van der Waals surface area contributed by atoms with Gasteiger partial charge in [-0.3, -0.25) is 14.4 Å². The molecular formula is C23H30O6. The molecule has 4 fully saturated rings. The molecule has 5 aliphatic rings. The summed E-state index contributed by atoms with van der Waals surface area (Å²) in [6.45, 7) is 3.37. The van der Waals surface area contributed by atoms with Crippen LogP contribution in [0.4, 0.5) is 0 Å². The third-order valence-electron chi connectivity index (χ3n) is 9.05. The lowest BCUT2D eigenvalue weighted by molar-refractivity contribution is -0.163. The zero-order chi connectivity index (χ0) is 20.6. The number of rotatable bonds is 3. The molecule has 1 heterocycles. The largest absolute Gasteiger partial charge is 0.458 e. The Balaban J connectivity index is 1.48. The van der Waals surface area contributed by atoms with Gasteiger partial charge in [-0.1, -0.05) is 12.5 Å². The van der Waals surface area contributed by atoms with Crippen molar-refractivity contribution in [1.29, 1.82) is 0 Å². The van der Waals surface area contributed by atoms with E-state index < -0.39 is 17.7 Å². The van der Waals surface area contributed by atoms with Crippen molar-refractivity contribution in [3.8, 4) is 0 Å². The fourth-order valence-corrected chi connectivity index (χ4v) is 7.96. The molecule has 2 bridgehead atoms. The first-order valence-electron chi connectivity index (χ1n) is 11.0. The van der Waals surface area contributed by atoms with Crippen LogP contribution in [0.5, 0.6) is 0 Å². The van der Waals surface area contributed by atoms with Crippen molar-refractivity contribution < 1.29 is 29.0 Å². The van der Waals surface area contributed by atoms with Crippen LogP contribution in [0, 0.1) is 34.5 Å². The average Bonchev–Trinajstić information content (AvgIpc) is 3.19. The van der Waals surface area contributed by atoms with Crippen LogP contribution in [0.25, 0.3) is 0 Å². The van der Waals surface area contributed by atoms with E-state index in [0.717, 1.165) is 32.1 Å². The molecule has 0 radical (unpaired) electrons. The van der Waals surface area contributed by atoms with Crippen molar-refractivity contribution in [2.24, 2.45) is 34.5 Å². The number of carbonyl (C=O) groups is 3. The minimum absolute atomic E-state index is 0.0580.